The zero-order valence-electron chi connectivity index (χ0n) is 11.4. The molecule has 0 radical (unpaired) electrons. The van der Waals surface area contributed by atoms with Gasteiger partial charge in [0.15, 0.2) is 6.04 Å². The number of urea groups is 1. The lowest BCUT2D eigenvalue weighted by atomic mass is 9.83. The van der Waals surface area contributed by atoms with E-state index in [2.05, 4.69) is 10.6 Å². The van der Waals surface area contributed by atoms with Gasteiger partial charge in [-0.05, 0) is 25.2 Å². The summed E-state index contributed by atoms with van der Waals surface area (Å²) in [6, 6.07) is -1.68. The van der Waals surface area contributed by atoms with E-state index >= 15 is 0 Å². The number of carboxylic acid groups (broad SMARTS) is 1. The van der Waals surface area contributed by atoms with Crippen molar-refractivity contribution in [2.45, 2.75) is 57.5 Å². The highest BCUT2D eigenvalue weighted by molar-refractivity contribution is 5.82. The van der Waals surface area contributed by atoms with Gasteiger partial charge in [0.05, 0.1) is 6.61 Å². The van der Waals surface area contributed by atoms with Crippen molar-refractivity contribution in [1.29, 1.82) is 0 Å². The third-order valence-electron chi connectivity index (χ3n) is 3.76. The molecule has 1 fully saturated rings. The first-order chi connectivity index (χ1) is 9.08. The fourth-order valence-corrected chi connectivity index (χ4v) is 2.64. The average Bonchev–Trinajstić information content (AvgIpc) is 2.42. The van der Waals surface area contributed by atoms with Crippen molar-refractivity contribution < 1.29 is 19.8 Å². The topological polar surface area (TPSA) is 98.7 Å². The van der Waals surface area contributed by atoms with Crippen LogP contribution in [0.15, 0.2) is 0 Å². The van der Waals surface area contributed by atoms with Gasteiger partial charge in [-0.15, -0.1) is 0 Å². The van der Waals surface area contributed by atoms with Crippen molar-refractivity contribution in [1.82, 2.24) is 10.6 Å². The van der Waals surface area contributed by atoms with E-state index in [1.54, 1.807) is 0 Å². The second-order valence-electron chi connectivity index (χ2n) is 5.10. The summed E-state index contributed by atoms with van der Waals surface area (Å²) in [5, 5.41) is 22.7. The molecule has 1 unspecified atom stereocenters. The molecule has 0 aromatic carbocycles. The number of nitrogens with one attached hydrogen (secondary N) is 2. The molecule has 0 heterocycles. The van der Waals surface area contributed by atoms with Gasteiger partial charge in [-0.1, -0.05) is 26.2 Å². The zero-order chi connectivity index (χ0) is 14.3. The summed E-state index contributed by atoms with van der Waals surface area (Å²) < 4.78 is 0. The van der Waals surface area contributed by atoms with E-state index in [0.29, 0.717) is 5.92 Å². The standard InChI is InChI=1S/C13H24N2O4/c1-2-10(9-6-4-3-5-7-9)14-13(19)15-11(8-16)12(17)18/h9-11,16H,2-8H2,1H3,(H,17,18)(H2,14,15,19)/t10?,11-/m0/s1. The van der Waals surface area contributed by atoms with Gasteiger partial charge in [0, 0.05) is 6.04 Å². The van der Waals surface area contributed by atoms with Crippen LogP contribution in [0.25, 0.3) is 0 Å². The number of hydrogen-bond acceptors (Lipinski definition) is 3. The number of amides is 2. The van der Waals surface area contributed by atoms with Gasteiger partial charge in [-0.25, -0.2) is 9.59 Å². The molecule has 19 heavy (non-hydrogen) atoms. The minimum absolute atomic E-state index is 0.0773. The number of hydrogen-bond donors (Lipinski definition) is 4. The van der Waals surface area contributed by atoms with Crippen molar-refractivity contribution in [2.24, 2.45) is 5.92 Å². The van der Waals surface area contributed by atoms with Crippen LogP contribution in [0, 0.1) is 5.92 Å². The quantitative estimate of drug-likeness (QED) is 0.581. The molecule has 1 aliphatic carbocycles. The van der Waals surface area contributed by atoms with Gasteiger partial charge in [0.1, 0.15) is 0 Å². The largest absolute Gasteiger partial charge is 0.480 e. The molecule has 0 aromatic heterocycles. The van der Waals surface area contributed by atoms with Gasteiger partial charge in [0.25, 0.3) is 0 Å². The summed E-state index contributed by atoms with van der Waals surface area (Å²) in [6.45, 7) is 1.41. The van der Waals surface area contributed by atoms with E-state index in [-0.39, 0.29) is 6.04 Å². The van der Waals surface area contributed by atoms with Crippen LogP contribution in [0.4, 0.5) is 4.79 Å². The van der Waals surface area contributed by atoms with Gasteiger partial charge in [0.2, 0.25) is 0 Å². The van der Waals surface area contributed by atoms with Crippen molar-refractivity contribution in [3.05, 3.63) is 0 Å². The minimum Gasteiger partial charge on any atom is -0.480 e. The molecule has 2 amide bonds. The van der Waals surface area contributed by atoms with Gasteiger partial charge in [-0.3, -0.25) is 0 Å². The molecule has 0 spiro atoms. The van der Waals surface area contributed by atoms with Gasteiger partial charge >= 0.3 is 12.0 Å². The Labute approximate surface area is 113 Å². The number of rotatable bonds is 6. The van der Waals surface area contributed by atoms with Crippen LogP contribution >= 0.6 is 0 Å². The fraction of sp³-hybridized carbons (Fsp3) is 0.846. The van der Waals surface area contributed by atoms with E-state index < -0.39 is 24.6 Å². The number of carbonyl (C=O) groups is 2. The van der Waals surface area contributed by atoms with Crippen molar-refractivity contribution >= 4 is 12.0 Å². The molecule has 2 atom stereocenters. The molecule has 1 aliphatic rings. The lowest BCUT2D eigenvalue weighted by Crippen LogP contribution is -2.52. The molecule has 110 valence electrons. The first-order valence-corrected chi connectivity index (χ1v) is 6.99. The molecule has 0 saturated heterocycles. The molecular weight excluding hydrogens is 248 g/mol. The maximum atomic E-state index is 11.7. The summed E-state index contributed by atoms with van der Waals surface area (Å²) in [5.74, 6) is -0.759. The number of carbonyl (C=O) groups excluding carboxylic acids is 1. The Morgan fingerprint density at radius 2 is 1.84 bits per heavy atom. The predicted molar refractivity (Wildman–Crippen MR) is 70.8 cm³/mol. The molecule has 6 heteroatoms. The van der Waals surface area contributed by atoms with Crippen molar-refractivity contribution in [3.63, 3.8) is 0 Å². The van der Waals surface area contributed by atoms with E-state index in [9.17, 15) is 9.59 Å². The number of aliphatic hydroxyl groups is 1. The van der Waals surface area contributed by atoms with Crippen LogP contribution in [0.2, 0.25) is 0 Å². The SMILES string of the molecule is CCC(NC(=O)N[C@@H](CO)C(=O)O)C1CCCCC1. The molecule has 0 aliphatic heterocycles. The Morgan fingerprint density at radius 1 is 1.21 bits per heavy atom. The maximum Gasteiger partial charge on any atom is 0.328 e. The van der Waals surface area contributed by atoms with E-state index in [4.69, 9.17) is 10.2 Å². The number of carboxylic acids is 1. The highest BCUT2D eigenvalue weighted by atomic mass is 16.4. The average molecular weight is 272 g/mol. The Balaban J connectivity index is 2.45. The van der Waals surface area contributed by atoms with Crippen molar-refractivity contribution in [3.8, 4) is 0 Å². The normalized spacial score (nSPS) is 19.5. The van der Waals surface area contributed by atoms with Crippen LogP contribution in [0.5, 0.6) is 0 Å². The lowest BCUT2D eigenvalue weighted by molar-refractivity contribution is -0.140. The summed E-state index contributed by atoms with van der Waals surface area (Å²) in [4.78, 5) is 22.5. The molecule has 4 N–H and O–H groups in total. The second kappa shape index (κ2) is 7.99. The molecule has 1 rings (SSSR count). The molecule has 0 bridgehead atoms. The second-order valence-corrected chi connectivity index (χ2v) is 5.10. The van der Waals surface area contributed by atoms with Crippen LogP contribution < -0.4 is 10.6 Å². The third kappa shape index (κ3) is 5.06. The highest BCUT2D eigenvalue weighted by Crippen LogP contribution is 2.27. The number of aliphatic hydroxyl groups excluding tert-OH is 1. The Morgan fingerprint density at radius 3 is 2.32 bits per heavy atom. The highest BCUT2D eigenvalue weighted by Gasteiger charge is 2.25. The summed E-state index contributed by atoms with van der Waals surface area (Å²) in [6.07, 6.45) is 6.69. The fourth-order valence-electron chi connectivity index (χ4n) is 2.64. The lowest BCUT2D eigenvalue weighted by Gasteiger charge is -2.30. The summed E-state index contributed by atoms with van der Waals surface area (Å²) >= 11 is 0. The van der Waals surface area contributed by atoms with Crippen LogP contribution in [-0.2, 0) is 4.79 Å². The monoisotopic (exact) mass is 272 g/mol. The van der Waals surface area contributed by atoms with E-state index in [0.717, 1.165) is 19.3 Å². The van der Waals surface area contributed by atoms with Crippen LogP contribution in [-0.4, -0.2) is 40.9 Å². The Hall–Kier alpha value is -1.30. The summed E-state index contributed by atoms with van der Waals surface area (Å²) in [5.41, 5.74) is 0. The first-order valence-electron chi connectivity index (χ1n) is 6.99. The van der Waals surface area contributed by atoms with Gasteiger partial charge in [-0.2, -0.15) is 0 Å². The maximum absolute atomic E-state index is 11.7. The zero-order valence-corrected chi connectivity index (χ0v) is 11.4. The number of aliphatic carboxylic acids is 1. The Kier molecular flexibility index (Phi) is 6.62. The van der Waals surface area contributed by atoms with Crippen molar-refractivity contribution in [2.75, 3.05) is 6.61 Å². The summed E-state index contributed by atoms with van der Waals surface area (Å²) in [7, 11) is 0. The minimum atomic E-state index is -1.25. The first kappa shape index (κ1) is 15.8. The molecular formula is C13H24N2O4. The molecule has 1 saturated carbocycles. The van der Waals surface area contributed by atoms with E-state index in [1.165, 1.54) is 19.3 Å². The van der Waals surface area contributed by atoms with Gasteiger partial charge < -0.3 is 20.8 Å². The predicted octanol–water partition coefficient (Wildman–Crippen LogP) is 1.09. The Bertz CT molecular complexity index is 303. The molecule has 0 aromatic rings. The molecule has 6 nitrogen and oxygen atoms in total. The van der Waals surface area contributed by atoms with Crippen LogP contribution in [0.1, 0.15) is 45.4 Å². The van der Waals surface area contributed by atoms with E-state index in [1.807, 2.05) is 6.92 Å². The third-order valence-corrected chi connectivity index (χ3v) is 3.76. The smallest absolute Gasteiger partial charge is 0.328 e. The van der Waals surface area contributed by atoms with Crippen LogP contribution in [0.3, 0.4) is 0 Å².